The molecule has 2 unspecified atom stereocenters. The number of aromatic carboxylic acids is 1. The molecule has 1 aliphatic rings. The van der Waals surface area contributed by atoms with Crippen LogP contribution in [0.2, 0.25) is 0 Å². The highest BCUT2D eigenvalue weighted by atomic mass is 32.2. The highest BCUT2D eigenvalue weighted by Gasteiger charge is 2.27. The Morgan fingerprint density at radius 3 is 2.85 bits per heavy atom. The molecule has 1 aromatic rings. The molecule has 2 N–H and O–H groups in total. The summed E-state index contributed by atoms with van der Waals surface area (Å²) in [6.07, 6.45) is 5.86. The third-order valence-electron chi connectivity index (χ3n) is 3.37. The zero-order chi connectivity index (χ0) is 14.8. The second-order valence-electron chi connectivity index (χ2n) is 4.80. The van der Waals surface area contributed by atoms with Gasteiger partial charge in [0.05, 0.1) is 5.56 Å². The summed E-state index contributed by atoms with van der Waals surface area (Å²) in [5, 5.41) is 10.7. The number of carboxylic acids is 1. The first-order valence-corrected chi connectivity index (χ1v) is 9.94. The summed E-state index contributed by atoms with van der Waals surface area (Å²) >= 11 is 2.71. The fraction of sp³-hybridized carbons (Fsp3) is 0.583. The van der Waals surface area contributed by atoms with Crippen LogP contribution in [0.4, 0.5) is 0 Å². The van der Waals surface area contributed by atoms with Crippen LogP contribution in [0.3, 0.4) is 0 Å². The Bertz CT molecular complexity index is 581. The van der Waals surface area contributed by atoms with E-state index in [-0.39, 0.29) is 15.8 Å². The maximum Gasteiger partial charge on any atom is 0.336 e. The molecule has 0 saturated heterocycles. The molecule has 0 bridgehead atoms. The quantitative estimate of drug-likeness (QED) is 0.863. The monoisotopic (exact) mass is 335 g/mol. The summed E-state index contributed by atoms with van der Waals surface area (Å²) in [5.41, 5.74) is 0.0148. The van der Waals surface area contributed by atoms with Crippen molar-refractivity contribution >= 4 is 39.1 Å². The number of sulfonamides is 1. The number of thiophene rings is 1. The Kier molecular flexibility index (Phi) is 5.11. The van der Waals surface area contributed by atoms with Gasteiger partial charge in [0.15, 0.2) is 0 Å². The van der Waals surface area contributed by atoms with E-state index in [0.29, 0.717) is 5.25 Å². The molecule has 1 aliphatic carbocycles. The maximum atomic E-state index is 12.2. The van der Waals surface area contributed by atoms with Crippen molar-refractivity contribution in [2.75, 3.05) is 6.26 Å². The number of hydrogen-bond acceptors (Lipinski definition) is 5. The molecule has 1 fully saturated rings. The first-order chi connectivity index (χ1) is 9.42. The van der Waals surface area contributed by atoms with Crippen molar-refractivity contribution in [3.05, 3.63) is 17.0 Å². The smallest absolute Gasteiger partial charge is 0.336 e. The molecule has 5 nitrogen and oxygen atoms in total. The molecule has 1 heterocycles. The van der Waals surface area contributed by atoms with Crippen molar-refractivity contribution in [1.29, 1.82) is 0 Å². The highest BCUT2D eigenvalue weighted by Crippen LogP contribution is 2.28. The minimum Gasteiger partial charge on any atom is -0.478 e. The summed E-state index contributed by atoms with van der Waals surface area (Å²) < 4.78 is 27.2. The normalized spacial score (nSPS) is 23.6. The lowest BCUT2D eigenvalue weighted by atomic mass is 9.96. The van der Waals surface area contributed by atoms with Gasteiger partial charge in [-0.3, -0.25) is 0 Å². The number of thioether (sulfide) groups is 1. The van der Waals surface area contributed by atoms with Gasteiger partial charge < -0.3 is 5.11 Å². The van der Waals surface area contributed by atoms with Gasteiger partial charge in [0.25, 0.3) is 0 Å². The van der Waals surface area contributed by atoms with E-state index in [1.165, 1.54) is 11.4 Å². The van der Waals surface area contributed by atoms with E-state index in [1.54, 1.807) is 11.8 Å². The minimum absolute atomic E-state index is 0.0148. The average molecular weight is 335 g/mol. The van der Waals surface area contributed by atoms with E-state index >= 15 is 0 Å². The van der Waals surface area contributed by atoms with Crippen molar-refractivity contribution in [2.24, 2.45) is 0 Å². The van der Waals surface area contributed by atoms with Crippen molar-refractivity contribution in [2.45, 2.75) is 41.2 Å². The van der Waals surface area contributed by atoms with Gasteiger partial charge in [0.2, 0.25) is 10.0 Å². The molecule has 0 radical (unpaired) electrons. The number of hydrogen-bond donors (Lipinski definition) is 2. The molecule has 20 heavy (non-hydrogen) atoms. The Morgan fingerprint density at radius 1 is 1.50 bits per heavy atom. The zero-order valence-corrected chi connectivity index (χ0v) is 13.5. The Hall–Kier alpha value is -0.570. The predicted octanol–water partition coefficient (Wildman–Crippen LogP) is 2.40. The average Bonchev–Trinajstić information content (AvgIpc) is 2.89. The van der Waals surface area contributed by atoms with E-state index < -0.39 is 16.0 Å². The Labute approximate surface area is 126 Å². The fourth-order valence-corrected chi connectivity index (χ4v) is 5.59. The highest BCUT2D eigenvalue weighted by molar-refractivity contribution is 7.99. The molecule has 0 aliphatic heterocycles. The lowest BCUT2D eigenvalue weighted by Gasteiger charge is -2.28. The van der Waals surface area contributed by atoms with Crippen LogP contribution in [0.1, 0.15) is 36.0 Å². The molecule has 1 aromatic heterocycles. The number of carboxylic acid groups (broad SMARTS) is 1. The van der Waals surface area contributed by atoms with E-state index in [0.717, 1.165) is 37.0 Å². The van der Waals surface area contributed by atoms with Crippen LogP contribution in [0, 0.1) is 0 Å². The van der Waals surface area contributed by atoms with Gasteiger partial charge in [0.1, 0.15) is 4.21 Å². The first kappa shape index (κ1) is 15.8. The largest absolute Gasteiger partial charge is 0.478 e. The van der Waals surface area contributed by atoms with Crippen LogP contribution >= 0.6 is 23.1 Å². The third-order valence-corrected chi connectivity index (χ3v) is 7.42. The molecule has 2 rings (SSSR count). The zero-order valence-electron chi connectivity index (χ0n) is 11.0. The van der Waals surface area contributed by atoms with E-state index in [2.05, 4.69) is 4.72 Å². The van der Waals surface area contributed by atoms with Crippen LogP contribution < -0.4 is 4.72 Å². The van der Waals surface area contributed by atoms with Crippen molar-refractivity contribution in [1.82, 2.24) is 4.72 Å². The summed E-state index contributed by atoms with van der Waals surface area (Å²) in [6.45, 7) is 0. The van der Waals surface area contributed by atoms with Gasteiger partial charge in [-0.05, 0) is 31.6 Å². The van der Waals surface area contributed by atoms with Crippen LogP contribution in [-0.2, 0) is 10.0 Å². The molecule has 0 spiro atoms. The topological polar surface area (TPSA) is 83.5 Å². The van der Waals surface area contributed by atoms with E-state index in [1.807, 2.05) is 6.26 Å². The lowest BCUT2D eigenvalue weighted by Crippen LogP contribution is -2.38. The fourth-order valence-electron chi connectivity index (χ4n) is 2.31. The predicted molar refractivity (Wildman–Crippen MR) is 81.2 cm³/mol. The molecule has 2 atom stereocenters. The minimum atomic E-state index is -3.61. The van der Waals surface area contributed by atoms with Crippen molar-refractivity contribution in [3.63, 3.8) is 0 Å². The standard InChI is InChI=1S/C12H17NO4S3/c1-18-10-4-2-3-9(6-10)13-20(16,17)11-5-8(7-19-11)12(14)15/h5,7,9-10,13H,2-4,6H2,1H3,(H,14,15). The number of carbonyl (C=O) groups is 1. The molecular formula is C12H17NO4S3. The van der Waals surface area contributed by atoms with Crippen LogP contribution in [0.25, 0.3) is 0 Å². The van der Waals surface area contributed by atoms with E-state index in [4.69, 9.17) is 5.11 Å². The third kappa shape index (κ3) is 3.75. The molecule has 8 heteroatoms. The Balaban J connectivity index is 2.08. The maximum absolute atomic E-state index is 12.2. The van der Waals surface area contributed by atoms with Gasteiger partial charge in [-0.2, -0.15) is 11.8 Å². The van der Waals surface area contributed by atoms with Crippen LogP contribution in [0.15, 0.2) is 15.7 Å². The lowest BCUT2D eigenvalue weighted by molar-refractivity contribution is 0.0697. The van der Waals surface area contributed by atoms with Crippen LogP contribution in [-0.4, -0.2) is 37.0 Å². The summed E-state index contributed by atoms with van der Waals surface area (Å²) in [7, 11) is -3.61. The van der Waals surface area contributed by atoms with Gasteiger partial charge in [-0.15, -0.1) is 11.3 Å². The summed E-state index contributed by atoms with van der Waals surface area (Å²) in [6, 6.07) is 1.16. The van der Waals surface area contributed by atoms with E-state index in [9.17, 15) is 13.2 Å². The molecule has 0 aromatic carbocycles. The van der Waals surface area contributed by atoms with Crippen molar-refractivity contribution < 1.29 is 18.3 Å². The SMILES string of the molecule is CSC1CCCC(NS(=O)(=O)c2cc(C(=O)O)cs2)C1. The molecule has 1 saturated carbocycles. The van der Waals surface area contributed by atoms with Crippen LogP contribution in [0.5, 0.6) is 0 Å². The summed E-state index contributed by atoms with van der Waals surface area (Å²) in [4.78, 5) is 10.8. The molecule has 112 valence electrons. The number of nitrogens with one attached hydrogen (secondary N) is 1. The first-order valence-electron chi connectivity index (χ1n) is 6.29. The summed E-state index contributed by atoms with van der Waals surface area (Å²) in [5.74, 6) is -1.11. The Morgan fingerprint density at radius 2 is 2.25 bits per heavy atom. The second-order valence-corrected chi connectivity index (χ2v) is 8.79. The molecule has 0 amide bonds. The van der Waals surface area contributed by atoms with Crippen molar-refractivity contribution in [3.8, 4) is 0 Å². The number of rotatable bonds is 5. The van der Waals surface area contributed by atoms with Gasteiger partial charge >= 0.3 is 5.97 Å². The second kappa shape index (κ2) is 6.46. The van der Waals surface area contributed by atoms with Gasteiger partial charge in [-0.25, -0.2) is 17.9 Å². The van der Waals surface area contributed by atoms with Gasteiger partial charge in [-0.1, -0.05) is 6.42 Å². The van der Waals surface area contributed by atoms with Gasteiger partial charge in [0, 0.05) is 16.7 Å². The molecular weight excluding hydrogens is 318 g/mol.